The predicted octanol–water partition coefficient (Wildman–Crippen LogP) is 6.62. The molecule has 0 aliphatic heterocycles. The van der Waals surface area contributed by atoms with E-state index in [1.54, 1.807) is 0 Å². The highest BCUT2D eigenvalue weighted by atomic mass is 19.1. The molecular formula is C27H38FNO2. The molecule has 4 heteroatoms. The van der Waals surface area contributed by atoms with Gasteiger partial charge in [-0.15, -0.1) is 0 Å². The summed E-state index contributed by atoms with van der Waals surface area (Å²) in [6.07, 6.45) is 12.4. The molecule has 4 aliphatic carbocycles. The van der Waals surface area contributed by atoms with E-state index in [0.29, 0.717) is 36.9 Å². The average Bonchev–Trinajstić information content (AvgIpc) is 2.81. The summed E-state index contributed by atoms with van der Waals surface area (Å²) in [4.78, 5) is 13.3. The number of hydrogen-bond donors (Lipinski definition) is 1. The van der Waals surface area contributed by atoms with Crippen molar-refractivity contribution in [3.63, 3.8) is 0 Å². The molecule has 3 nitrogen and oxygen atoms in total. The monoisotopic (exact) mass is 427 g/mol. The molecule has 1 unspecified atom stereocenters. The molecular weight excluding hydrogens is 389 g/mol. The molecule has 0 radical (unpaired) electrons. The first-order valence-electron chi connectivity index (χ1n) is 12.3. The van der Waals surface area contributed by atoms with Gasteiger partial charge in [-0.25, -0.2) is 4.39 Å². The quantitative estimate of drug-likeness (QED) is 0.531. The second-order valence-electron chi connectivity index (χ2n) is 10.4. The maximum atomic E-state index is 13.3. The SMILES string of the molecule is CC/C(=C\F)COc1ccc(C23CCC(C(=O)NC4CCC[C@H](C)C4)(CC2)CC3)cc1. The lowest BCUT2D eigenvalue weighted by atomic mass is 9.51. The first-order valence-corrected chi connectivity index (χ1v) is 12.3. The Hall–Kier alpha value is -1.84. The fourth-order valence-electron chi connectivity index (χ4n) is 6.15. The van der Waals surface area contributed by atoms with E-state index < -0.39 is 0 Å². The molecule has 0 heterocycles. The zero-order valence-electron chi connectivity index (χ0n) is 19.2. The van der Waals surface area contributed by atoms with Gasteiger partial charge in [0.15, 0.2) is 0 Å². The van der Waals surface area contributed by atoms with Gasteiger partial charge >= 0.3 is 0 Å². The second kappa shape index (κ2) is 9.34. The summed E-state index contributed by atoms with van der Waals surface area (Å²) in [7, 11) is 0. The molecule has 1 aromatic carbocycles. The van der Waals surface area contributed by atoms with Crippen LogP contribution in [0, 0.1) is 11.3 Å². The fraction of sp³-hybridized carbons (Fsp3) is 0.667. The minimum atomic E-state index is -0.138. The van der Waals surface area contributed by atoms with Gasteiger partial charge in [0.05, 0.1) is 6.33 Å². The average molecular weight is 428 g/mol. The van der Waals surface area contributed by atoms with Crippen LogP contribution in [0.15, 0.2) is 36.2 Å². The molecule has 4 fully saturated rings. The van der Waals surface area contributed by atoms with Crippen molar-refractivity contribution in [1.82, 2.24) is 5.32 Å². The van der Waals surface area contributed by atoms with Crippen LogP contribution in [0.25, 0.3) is 0 Å². The fourth-order valence-corrected chi connectivity index (χ4v) is 6.15. The number of carbonyl (C=O) groups is 1. The van der Waals surface area contributed by atoms with Gasteiger partial charge in [-0.05, 0) is 92.4 Å². The van der Waals surface area contributed by atoms with Crippen molar-refractivity contribution >= 4 is 5.91 Å². The number of rotatable bonds is 7. The summed E-state index contributed by atoms with van der Waals surface area (Å²) in [5, 5.41) is 3.44. The molecule has 1 aromatic rings. The number of nitrogens with one attached hydrogen (secondary N) is 1. The van der Waals surface area contributed by atoms with E-state index in [4.69, 9.17) is 4.74 Å². The summed E-state index contributed by atoms with van der Waals surface area (Å²) >= 11 is 0. The highest BCUT2D eigenvalue weighted by Gasteiger charge is 2.53. The van der Waals surface area contributed by atoms with Gasteiger partial charge in [0.2, 0.25) is 5.91 Å². The highest BCUT2D eigenvalue weighted by molar-refractivity contribution is 5.83. The molecule has 170 valence electrons. The van der Waals surface area contributed by atoms with Gasteiger partial charge in [0.1, 0.15) is 12.4 Å². The number of carbonyl (C=O) groups excluding carboxylic acids is 1. The molecule has 1 N–H and O–H groups in total. The number of ether oxygens (including phenoxy) is 1. The van der Waals surface area contributed by atoms with Crippen LogP contribution in [0.2, 0.25) is 0 Å². The molecule has 0 aromatic heterocycles. The maximum Gasteiger partial charge on any atom is 0.226 e. The van der Waals surface area contributed by atoms with Crippen molar-refractivity contribution in [2.45, 2.75) is 95.9 Å². The summed E-state index contributed by atoms with van der Waals surface area (Å²) in [6, 6.07) is 8.78. The Morgan fingerprint density at radius 2 is 1.81 bits per heavy atom. The van der Waals surface area contributed by atoms with Crippen molar-refractivity contribution in [1.29, 1.82) is 0 Å². The predicted molar refractivity (Wildman–Crippen MR) is 123 cm³/mol. The van der Waals surface area contributed by atoms with Crippen LogP contribution in [-0.4, -0.2) is 18.6 Å². The number of fused-ring (bicyclic) bond motifs is 3. The van der Waals surface area contributed by atoms with Gasteiger partial charge in [0.25, 0.3) is 0 Å². The lowest BCUT2D eigenvalue weighted by Gasteiger charge is -2.53. The van der Waals surface area contributed by atoms with Crippen molar-refractivity contribution < 1.29 is 13.9 Å². The van der Waals surface area contributed by atoms with E-state index >= 15 is 0 Å². The van der Waals surface area contributed by atoms with E-state index in [0.717, 1.165) is 63.0 Å². The molecule has 4 aliphatic rings. The Morgan fingerprint density at radius 3 is 2.39 bits per heavy atom. The third-order valence-electron chi connectivity index (χ3n) is 8.50. The molecule has 1 amide bonds. The Kier molecular flexibility index (Phi) is 6.74. The van der Waals surface area contributed by atoms with E-state index in [2.05, 4.69) is 24.4 Å². The summed E-state index contributed by atoms with van der Waals surface area (Å²) in [6.45, 7) is 4.54. The van der Waals surface area contributed by atoms with Crippen LogP contribution in [0.3, 0.4) is 0 Å². The number of amides is 1. The molecule has 0 spiro atoms. The number of benzene rings is 1. The van der Waals surface area contributed by atoms with Crippen molar-refractivity contribution in [3.8, 4) is 5.75 Å². The third-order valence-corrected chi connectivity index (χ3v) is 8.50. The smallest absolute Gasteiger partial charge is 0.226 e. The highest BCUT2D eigenvalue weighted by Crippen LogP contribution is 2.58. The Balaban J connectivity index is 1.35. The lowest BCUT2D eigenvalue weighted by Crippen LogP contribution is -2.53. The lowest BCUT2D eigenvalue weighted by molar-refractivity contribution is -0.139. The van der Waals surface area contributed by atoms with Gasteiger partial charge in [-0.1, -0.05) is 38.8 Å². The van der Waals surface area contributed by atoms with Crippen molar-refractivity contribution in [2.75, 3.05) is 6.61 Å². The minimum Gasteiger partial charge on any atom is -0.489 e. The van der Waals surface area contributed by atoms with Crippen LogP contribution in [0.4, 0.5) is 4.39 Å². The molecule has 31 heavy (non-hydrogen) atoms. The van der Waals surface area contributed by atoms with Crippen LogP contribution >= 0.6 is 0 Å². The first kappa shape index (κ1) is 22.4. The van der Waals surface area contributed by atoms with E-state index in [-0.39, 0.29) is 10.8 Å². The molecule has 0 saturated heterocycles. The van der Waals surface area contributed by atoms with E-state index in [9.17, 15) is 9.18 Å². The van der Waals surface area contributed by atoms with E-state index in [1.165, 1.54) is 18.4 Å². The largest absolute Gasteiger partial charge is 0.489 e. The van der Waals surface area contributed by atoms with Gasteiger partial charge in [-0.2, -0.15) is 0 Å². The normalized spacial score (nSPS) is 33.2. The topological polar surface area (TPSA) is 38.3 Å². The number of hydrogen-bond acceptors (Lipinski definition) is 2. The van der Waals surface area contributed by atoms with Crippen LogP contribution in [-0.2, 0) is 10.2 Å². The van der Waals surface area contributed by atoms with Gasteiger partial charge < -0.3 is 10.1 Å². The Morgan fingerprint density at radius 1 is 1.13 bits per heavy atom. The van der Waals surface area contributed by atoms with Crippen LogP contribution in [0.1, 0.15) is 90.0 Å². The molecule has 5 rings (SSSR count). The summed E-state index contributed by atoms with van der Waals surface area (Å²) in [5.74, 6) is 1.85. The number of halogens is 1. The summed E-state index contributed by atoms with van der Waals surface area (Å²) in [5.41, 5.74) is 2.10. The Bertz CT molecular complexity index is 775. The molecule has 2 atom stereocenters. The van der Waals surface area contributed by atoms with E-state index in [1.807, 2.05) is 19.1 Å². The molecule has 4 saturated carbocycles. The standard InChI is InChI=1S/C27H38FNO2/c1-3-21(18-28)19-31-24-9-7-22(8-10-24)26-11-14-27(15-12-26,16-13-26)25(30)29-23-6-4-5-20(2)17-23/h7-10,18,20,23H,3-6,11-17,19H2,1-2H3,(H,29,30)/b21-18+/t20-,23?,26?,27?/m0/s1. The summed E-state index contributed by atoms with van der Waals surface area (Å²) < 4.78 is 18.5. The van der Waals surface area contributed by atoms with Crippen LogP contribution < -0.4 is 10.1 Å². The van der Waals surface area contributed by atoms with Crippen LogP contribution in [0.5, 0.6) is 5.75 Å². The Labute approximate surface area is 186 Å². The van der Waals surface area contributed by atoms with Crippen molar-refractivity contribution in [3.05, 3.63) is 41.7 Å². The first-order chi connectivity index (χ1) is 15.0. The van der Waals surface area contributed by atoms with Gasteiger partial charge in [-0.3, -0.25) is 4.79 Å². The second-order valence-corrected chi connectivity index (χ2v) is 10.4. The van der Waals surface area contributed by atoms with Crippen molar-refractivity contribution in [2.24, 2.45) is 11.3 Å². The van der Waals surface area contributed by atoms with Gasteiger partial charge in [0, 0.05) is 11.5 Å². The minimum absolute atomic E-state index is 0.138. The zero-order valence-corrected chi connectivity index (χ0v) is 19.2. The third kappa shape index (κ3) is 4.68. The maximum absolute atomic E-state index is 13.3. The molecule has 2 bridgehead atoms. The zero-order chi connectivity index (χ0) is 21.9.